The lowest BCUT2D eigenvalue weighted by molar-refractivity contribution is -0.142. The van der Waals surface area contributed by atoms with E-state index in [-0.39, 0.29) is 11.4 Å². The lowest BCUT2D eigenvalue weighted by Gasteiger charge is -2.20. The van der Waals surface area contributed by atoms with Gasteiger partial charge in [-0.05, 0) is 30.4 Å². The Morgan fingerprint density at radius 1 is 1.24 bits per heavy atom. The average Bonchev–Trinajstić information content (AvgIpc) is 2.15. The van der Waals surface area contributed by atoms with Gasteiger partial charge in [0.05, 0.1) is 13.0 Å². The Hall–Kier alpha value is -1.31. The van der Waals surface area contributed by atoms with Crippen molar-refractivity contribution in [2.75, 3.05) is 6.61 Å². The predicted molar refractivity (Wildman–Crippen MR) is 70.2 cm³/mol. The molecule has 1 aromatic rings. The number of carbonyl (C=O) groups excluding carboxylic acids is 1. The Bertz CT molecular complexity index is 400. The molecule has 0 N–H and O–H groups in total. The number of hydrogen-bond donors (Lipinski definition) is 0. The molecule has 0 spiro atoms. The highest BCUT2D eigenvalue weighted by Gasteiger charge is 2.15. The van der Waals surface area contributed by atoms with Crippen molar-refractivity contribution < 1.29 is 9.53 Å². The van der Waals surface area contributed by atoms with Crippen LogP contribution in [-0.2, 0) is 21.4 Å². The first-order valence-electron chi connectivity index (χ1n) is 6.09. The van der Waals surface area contributed by atoms with Crippen molar-refractivity contribution in [2.24, 2.45) is 0 Å². The minimum atomic E-state index is -0.155. The normalized spacial score (nSPS) is 11.4. The molecule has 0 aliphatic heterocycles. The highest BCUT2D eigenvalue weighted by Crippen LogP contribution is 2.24. The van der Waals surface area contributed by atoms with Gasteiger partial charge < -0.3 is 4.74 Å². The Kier molecular flexibility index (Phi) is 4.33. The van der Waals surface area contributed by atoms with Gasteiger partial charge >= 0.3 is 5.97 Å². The predicted octanol–water partition coefficient (Wildman–Crippen LogP) is 3.40. The fraction of sp³-hybridized carbons (Fsp3) is 0.533. The van der Waals surface area contributed by atoms with E-state index in [2.05, 4.69) is 39.8 Å². The number of carbonyl (C=O) groups is 1. The second-order valence-corrected chi connectivity index (χ2v) is 5.44. The van der Waals surface area contributed by atoms with Gasteiger partial charge in [0, 0.05) is 0 Å². The molecule has 1 rings (SSSR count). The van der Waals surface area contributed by atoms with E-state index in [9.17, 15) is 4.79 Å². The summed E-state index contributed by atoms with van der Waals surface area (Å²) < 4.78 is 4.97. The van der Waals surface area contributed by atoms with Crippen LogP contribution in [0.1, 0.15) is 44.4 Å². The van der Waals surface area contributed by atoms with Crippen LogP contribution in [0.5, 0.6) is 0 Å². The minimum Gasteiger partial charge on any atom is -0.466 e. The van der Waals surface area contributed by atoms with E-state index in [1.54, 1.807) is 0 Å². The number of rotatable bonds is 3. The molecule has 0 unspecified atom stereocenters. The van der Waals surface area contributed by atoms with Gasteiger partial charge in [0.25, 0.3) is 0 Å². The fourth-order valence-corrected chi connectivity index (χ4v) is 1.78. The van der Waals surface area contributed by atoms with Crippen molar-refractivity contribution in [1.82, 2.24) is 0 Å². The standard InChI is InChI=1S/C15H22O2/c1-6-17-14(16)10-12-7-11(2)8-13(9-12)15(3,4)5/h7-9H,6,10H2,1-5H3. The molecule has 0 radical (unpaired) electrons. The van der Waals surface area contributed by atoms with Gasteiger partial charge in [-0.2, -0.15) is 0 Å². The quantitative estimate of drug-likeness (QED) is 0.749. The van der Waals surface area contributed by atoms with Gasteiger partial charge in [-0.1, -0.05) is 44.5 Å². The molecule has 0 saturated carbocycles. The lowest BCUT2D eigenvalue weighted by Crippen LogP contribution is -2.13. The van der Waals surface area contributed by atoms with E-state index in [1.807, 2.05) is 13.0 Å². The maximum atomic E-state index is 11.5. The molecular formula is C15H22O2. The molecule has 0 amide bonds. The van der Waals surface area contributed by atoms with Crippen LogP contribution in [0, 0.1) is 6.92 Å². The van der Waals surface area contributed by atoms with Crippen LogP contribution in [0.3, 0.4) is 0 Å². The first-order valence-corrected chi connectivity index (χ1v) is 6.09. The molecule has 0 aliphatic rings. The first kappa shape index (κ1) is 13.8. The zero-order chi connectivity index (χ0) is 13.1. The smallest absolute Gasteiger partial charge is 0.310 e. The van der Waals surface area contributed by atoms with Gasteiger partial charge in [0.15, 0.2) is 0 Å². The van der Waals surface area contributed by atoms with Crippen LogP contribution in [0.25, 0.3) is 0 Å². The van der Waals surface area contributed by atoms with Gasteiger partial charge in [0.2, 0.25) is 0 Å². The Balaban J connectivity index is 2.94. The molecule has 17 heavy (non-hydrogen) atoms. The summed E-state index contributed by atoms with van der Waals surface area (Å²) >= 11 is 0. The van der Waals surface area contributed by atoms with Crippen LogP contribution in [0.4, 0.5) is 0 Å². The molecular weight excluding hydrogens is 212 g/mol. The molecule has 0 saturated heterocycles. The van der Waals surface area contributed by atoms with Crippen LogP contribution >= 0.6 is 0 Å². The molecule has 0 fully saturated rings. The van der Waals surface area contributed by atoms with E-state index >= 15 is 0 Å². The average molecular weight is 234 g/mol. The van der Waals surface area contributed by atoms with E-state index in [4.69, 9.17) is 4.74 Å². The molecule has 0 aliphatic carbocycles. The van der Waals surface area contributed by atoms with Gasteiger partial charge in [-0.3, -0.25) is 4.79 Å². The van der Waals surface area contributed by atoms with Gasteiger partial charge in [-0.15, -0.1) is 0 Å². The van der Waals surface area contributed by atoms with E-state index < -0.39 is 0 Å². The monoisotopic (exact) mass is 234 g/mol. The summed E-state index contributed by atoms with van der Waals surface area (Å²) in [5, 5.41) is 0. The summed E-state index contributed by atoms with van der Waals surface area (Å²) in [6.45, 7) is 10.9. The van der Waals surface area contributed by atoms with Crippen LogP contribution in [0.15, 0.2) is 18.2 Å². The van der Waals surface area contributed by atoms with E-state index in [0.29, 0.717) is 13.0 Å². The fourth-order valence-electron chi connectivity index (χ4n) is 1.78. The van der Waals surface area contributed by atoms with Crippen LogP contribution in [-0.4, -0.2) is 12.6 Å². The summed E-state index contributed by atoms with van der Waals surface area (Å²) in [5.74, 6) is -0.155. The second kappa shape index (κ2) is 5.35. The van der Waals surface area contributed by atoms with Crippen LogP contribution in [0.2, 0.25) is 0 Å². The summed E-state index contributed by atoms with van der Waals surface area (Å²) in [4.78, 5) is 11.5. The largest absolute Gasteiger partial charge is 0.466 e. The minimum absolute atomic E-state index is 0.107. The van der Waals surface area contributed by atoms with Crippen LogP contribution < -0.4 is 0 Å². The number of hydrogen-bond acceptors (Lipinski definition) is 2. The molecule has 1 aromatic carbocycles. The van der Waals surface area contributed by atoms with Gasteiger partial charge in [0.1, 0.15) is 0 Å². The van der Waals surface area contributed by atoms with Crippen molar-refractivity contribution in [2.45, 2.75) is 46.5 Å². The van der Waals surface area contributed by atoms with Crippen molar-refractivity contribution in [3.05, 3.63) is 34.9 Å². The zero-order valence-electron chi connectivity index (χ0n) is 11.5. The Labute approximate surface area is 104 Å². The topological polar surface area (TPSA) is 26.3 Å². The third kappa shape index (κ3) is 4.22. The molecule has 0 atom stereocenters. The maximum Gasteiger partial charge on any atom is 0.310 e. The summed E-state index contributed by atoms with van der Waals surface area (Å²) in [6.07, 6.45) is 0.360. The molecule has 0 heterocycles. The molecule has 0 aromatic heterocycles. The zero-order valence-corrected chi connectivity index (χ0v) is 11.5. The van der Waals surface area contributed by atoms with Gasteiger partial charge in [-0.25, -0.2) is 0 Å². The highest BCUT2D eigenvalue weighted by atomic mass is 16.5. The SMILES string of the molecule is CCOC(=O)Cc1cc(C)cc(C(C)(C)C)c1. The molecule has 94 valence electrons. The Morgan fingerprint density at radius 3 is 2.41 bits per heavy atom. The van der Waals surface area contributed by atoms with Crippen molar-refractivity contribution in [3.63, 3.8) is 0 Å². The van der Waals surface area contributed by atoms with E-state index in [1.165, 1.54) is 11.1 Å². The lowest BCUT2D eigenvalue weighted by atomic mass is 9.85. The van der Waals surface area contributed by atoms with Crippen molar-refractivity contribution >= 4 is 5.97 Å². The summed E-state index contributed by atoms with van der Waals surface area (Å²) in [7, 11) is 0. The molecule has 0 bridgehead atoms. The molecule has 2 heteroatoms. The van der Waals surface area contributed by atoms with Crippen molar-refractivity contribution in [1.29, 1.82) is 0 Å². The third-order valence-corrected chi connectivity index (χ3v) is 2.66. The van der Waals surface area contributed by atoms with E-state index in [0.717, 1.165) is 5.56 Å². The Morgan fingerprint density at radius 2 is 1.88 bits per heavy atom. The number of benzene rings is 1. The second-order valence-electron chi connectivity index (χ2n) is 5.44. The molecule has 2 nitrogen and oxygen atoms in total. The van der Waals surface area contributed by atoms with Crippen molar-refractivity contribution in [3.8, 4) is 0 Å². The number of aryl methyl sites for hydroxylation is 1. The summed E-state index contributed by atoms with van der Waals surface area (Å²) in [6, 6.07) is 6.32. The summed E-state index contributed by atoms with van der Waals surface area (Å²) in [5.41, 5.74) is 3.59. The maximum absolute atomic E-state index is 11.5. The number of esters is 1. The first-order chi connectivity index (χ1) is 7.82. The number of ether oxygens (including phenoxy) is 1. The third-order valence-electron chi connectivity index (χ3n) is 2.66. The highest BCUT2D eigenvalue weighted by molar-refractivity contribution is 5.72.